The Hall–Kier alpha value is -9.98. The van der Waals surface area contributed by atoms with Crippen LogP contribution in [0.3, 0.4) is 0 Å². The third-order valence-corrected chi connectivity index (χ3v) is 24.0. The number of rotatable bonds is 20. The number of aliphatic hydroxyl groups is 1. The molecule has 19 rings (SSSR count). The van der Waals surface area contributed by atoms with Crippen LogP contribution in [0.15, 0.2) is 291 Å². The van der Waals surface area contributed by atoms with E-state index in [-0.39, 0.29) is 143 Å². The van der Waals surface area contributed by atoms with E-state index in [1.54, 1.807) is 6.07 Å². The molecule has 22 nitrogen and oxygen atoms in total. The first-order chi connectivity index (χ1) is 66.5. The van der Waals surface area contributed by atoms with Crippen LogP contribution in [0.5, 0.6) is 28.7 Å². The van der Waals surface area contributed by atoms with E-state index in [2.05, 4.69) is 171 Å². The minimum absolute atomic E-state index is 0. The van der Waals surface area contributed by atoms with E-state index in [0.29, 0.717) is 58.5 Å². The molecule has 0 saturated heterocycles. The molecule has 747 valence electrons. The molecule has 3 radical (unpaired) electrons. The number of phenolic OH excluding ortho intramolecular Hbond substituents is 1. The van der Waals surface area contributed by atoms with Crippen molar-refractivity contribution >= 4 is 44.8 Å². The van der Waals surface area contributed by atoms with E-state index in [1.165, 1.54) is 44.5 Å². The maximum atomic E-state index is 12.0. The Balaban J connectivity index is 0.000000249. The third kappa shape index (κ3) is 34.9. The number of Topliss-reactive ketones (excluding diaryl/α,β-unsaturated/α-hetero) is 2. The van der Waals surface area contributed by atoms with Crippen molar-refractivity contribution in [2.24, 2.45) is 0 Å². The summed E-state index contributed by atoms with van der Waals surface area (Å²) < 4.78 is 65.6. The number of phenols is 1. The number of aryl methyl sites for hydroxylation is 5. The van der Waals surface area contributed by atoms with E-state index in [0.717, 1.165) is 117 Å². The zero-order valence-corrected chi connectivity index (χ0v) is 88.5. The number of ketones is 2. The molecule has 7 aliphatic heterocycles. The standard InChI is InChI=1S/C19H23NO2.3C18H21NO2.C12H17NO2.C12H15NO2.C9H8O2.C7H8O.C2H7N.B.2ClH.Na.H/c1-14-8-4-7-11-17(14)22-19-16-10-6-5-9-15(16)13-21-18(19)12-20(2)3;3*1-13-7-3-6-10-16(13)21-18-15-9-5-4-8-14(15)12-20-17(18)11-19-2;2*1-13(2)7-11-12(14)10-6-4-3-5-9(10)8-15-11;10-9-6-11-5-7-3-1-2-4-8(7)9;1-6-4-2-3-5-7(6)8;1-3-2;;;;;/h4-11,18-19H,12-13H2,1-3H3;3*3-10,17-19H,11-12H2,1-2H3;3-6,11-12,14H,7-8H2,1-2H3;3-6,11H,7-8H2,1-2H3;1-4H,5-6H2;2-5,8H,1H3;3H,1-2H3;;2*1H;;/q;;;;;;;;;;;;+1;-1/t18-,19+;2*17-,18+;17-,18-;11-,12+;;;;;;;;;/m11111........./s1. The number of fused-ring (bicyclic) bond motifs is 7. The summed E-state index contributed by atoms with van der Waals surface area (Å²) >= 11 is 0. The molecule has 6 N–H and O–H groups in total. The van der Waals surface area contributed by atoms with Crippen LogP contribution in [0.25, 0.3) is 0 Å². The Morgan fingerprint density at radius 3 is 0.908 bits per heavy atom. The van der Waals surface area contributed by atoms with Gasteiger partial charge in [-0.05, 0) is 215 Å². The molecule has 0 fully saturated rings. The molecule has 12 aromatic carbocycles. The smallest absolute Gasteiger partial charge is 1.00 e. The van der Waals surface area contributed by atoms with Crippen molar-refractivity contribution in [3.05, 3.63) is 397 Å². The van der Waals surface area contributed by atoms with E-state index in [4.69, 9.17) is 57.2 Å². The Labute approximate surface area is 874 Å². The van der Waals surface area contributed by atoms with Crippen LogP contribution in [0, 0.1) is 34.6 Å². The summed E-state index contributed by atoms with van der Waals surface area (Å²) in [5.41, 5.74) is 21.0. The largest absolute Gasteiger partial charge is 1.00 e. The summed E-state index contributed by atoms with van der Waals surface area (Å²) in [6.45, 7) is 19.2. The molecule has 1 unspecified atom stereocenters. The maximum absolute atomic E-state index is 12.0. The van der Waals surface area contributed by atoms with Crippen molar-refractivity contribution in [3.8, 4) is 28.7 Å². The predicted molar refractivity (Wildman–Crippen MR) is 565 cm³/mol. The quantitative estimate of drug-likeness (QED) is 0.0389. The zero-order chi connectivity index (χ0) is 97.5. The summed E-state index contributed by atoms with van der Waals surface area (Å²) in [7, 11) is 21.5. The van der Waals surface area contributed by atoms with Crippen molar-refractivity contribution in [3.63, 3.8) is 0 Å². The molecule has 7 heterocycles. The van der Waals surface area contributed by atoms with Crippen molar-refractivity contribution in [1.29, 1.82) is 0 Å². The third-order valence-electron chi connectivity index (χ3n) is 24.0. The molecule has 0 aromatic heterocycles. The summed E-state index contributed by atoms with van der Waals surface area (Å²) in [5.74, 6) is 4.25. The van der Waals surface area contributed by atoms with Gasteiger partial charge in [-0.15, -0.1) is 24.8 Å². The second-order valence-corrected chi connectivity index (χ2v) is 35.5. The Morgan fingerprint density at radius 2 is 0.582 bits per heavy atom. The topological polar surface area (TPSA) is 234 Å². The summed E-state index contributed by atoms with van der Waals surface area (Å²) in [4.78, 5) is 29.3. The molecule has 26 heteroatoms. The van der Waals surface area contributed by atoms with Gasteiger partial charge in [-0.25, -0.2) is 0 Å². The monoisotopic (exact) mass is 1970 g/mol. The number of hydrogen-bond acceptors (Lipinski definition) is 22. The SMILES string of the molecule is CN(C)CC1OCc2ccccc2C1=O.CN(C)C[C@H]1OCc2ccccc2[C@@H]1O.CNC.CNC[C@H]1OCc2ccccc2[C@@H]1Oc1ccccc1C.CNC[C@H]1OCc2ccccc2[C@@H]1Oc1ccccc1C.CNC[C@H]1OCc2ccccc2[C@H]1Oc1ccccc1C.Cc1ccccc1O.Cc1ccccc1O[C@H]1c2ccccc2CO[C@@H]1CN(C)C.Cl.Cl.O=C1COCc2ccccc21.[B].[H-].[Na+]. The average Bonchev–Trinajstić information content (AvgIpc) is 0.801. The van der Waals surface area contributed by atoms with Crippen LogP contribution in [0.1, 0.15) is 147 Å². The zero-order valence-electron chi connectivity index (χ0n) is 85.9. The first-order valence-corrected chi connectivity index (χ1v) is 47.2. The Morgan fingerprint density at radius 1 is 0.319 bits per heavy atom. The van der Waals surface area contributed by atoms with Crippen LogP contribution in [-0.2, 0) is 79.4 Å². The number of benzene rings is 12. The van der Waals surface area contributed by atoms with E-state index >= 15 is 0 Å². The van der Waals surface area contributed by atoms with Gasteiger partial charge in [0.15, 0.2) is 36.0 Å². The first-order valence-electron chi connectivity index (χ1n) is 47.2. The number of nitrogens with zero attached hydrogens (tertiary/aromatic N) is 3. The van der Waals surface area contributed by atoms with Gasteiger partial charge < -0.3 is 99.7 Å². The number of carbonyl (C=O) groups excluding carboxylic acids is 2. The van der Waals surface area contributed by atoms with Crippen molar-refractivity contribution < 1.29 is 103 Å². The van der Waals surface area contributed by atoms with Gasteiger partial charge in [0.05, 0.1) is 46.2 Å². The molecular formula is C115H144BCl2N7NaO15. The molecule has 12 aromatic rings. The number of hydrogen-bond donors (Lipinski definition) is 6. The molecule has 11 atom stereocenters. The molecule has 141 heavy (non-hydrogen) atoms. The molecular weight excluding hydrogens is 1820 g/mol. The Kier molecular flexibility index (Phi) is 51.8. The molecule has 7 aliphatic rings. The van der Waals surface area contributed by atoms with Crippen LogP contribution in [-0.4, -0.2) is 205 Å². The minimum atomic E-state index is -0.502. The van der Waals surface area contributed by atoms with Crippen LogP contribution >= 0.6 is 24.8 Å². The number of likely N-dealkylation sites (N-methyl/N-ethyl adjacent to an activating group) is 6. The number of nitrogens with one attached hydrogen (secondary N) is 4. The average molecular weight is 1970 g/mol. The summed E-state index contributed by atoms with van der Waals surface area (Å²) in [6, 6.07) is 96.4. The number of carbonyl (C=O) groups is 2. The maximum Gasteiger partial charge on any atom is 1.00 e. The normalized spacial score (nSPS) is 19.3. The fourth-order valence-corrected chi connectivity index (χ4v) is 16.7. The minimum Gasteiger partial charge on any atom is -1.00 e. The van der Waals surface area contributed by atoms with Gasteiger partial charge >= 0.3 is 29.6 Å². The van der Waals surface area contributed by atoms with E-state index < -0.39 is 6.10 Å². The molecule has 0 aliphatic carbocycles. The number of ether oxygens (including phenoxy) is 11. The van der Waals surface area contributed by atoms with Gasteiger partial charge in [-0.1, -0.05) is 261 Å². The van der Waals surface area contributed by atoms with Gasteiger partial charge in [0.2, 0.25) is 0 Å². The number of halogens is 2. The molecule has 0 amide bonds. The molecule has 0 bridgehead atoms. The number of para-hydroxylation sites is 5. The summed E-state index contributed by atoms with van der Waals surface area (Å²) in [6.07, 6.45) is -1.16. The molecule has 0 spiro atoms. The summed E-state index contributed by atoms with van der Waals surface area (Å²) in [5, 5.41) is 31.4. The first kappa shape index (κ1) is 118. The van der Waals surface area contributed by atoms with Gasteiger partial charge in [0.25, 0.3) is 0 Å². The van der Waals surface area contributed by atoms with Gasteiger partial charge in [-0.2, -0.15) is 0 Å². The van der Waals surface area contributed by atoms with Gasteiger partial charge in [0, 0.05) is 81.1 Å². The van der Waals surface area contributed by atoms with E-state index in [1.807, 2.05) is 262 Å². The Bertz CT molecular complexity index is 5460. The van der Waals surface area contributed by atoms with Crippen molar-refractivity contribution in [2.45, 2.75) is 148 Å². The number of aromatic hydroxyl groups is 1. The number of aliphatic hydroxyl groups excluding tert-OH is 1. The van der Waals surface area contributed by atoms with Gasteiger partial charge in [0.1, 0.15) is 78.1 Å². The fraction of sp³-hybridized carbons (Fsp3) is 0.357. The van der Waals surface area contributed by atoms with Crippen molar-refractivity contribution in [1.82, 2.24) is 36.0 Å². The van der Waals surface area contributed by atoms with E-state index in [9.17, 15) is 14.7 Å². The van der Waals surface area contributed by atoms with Crippen molar-refractivity contribution in [2.75, 3.05) is 123 Å². The van der Waals surface area contributed by atoms with Gasteiger partial charge in [-0.3, -0.25) is 9.59 Å². The fourth-order valence-electron chi connectivity index (χ4n) is 16.7. The second-order valence-electron chi connectivity index (χ2n) is 35.5. The second kappa shape index (κ2) is 61.9. The van der Waals surface area contributed by atoms with Crippen LogP contribution in [0.4, 0.5) is 0 Å². The predicted octanol–water partition coefficient (Wildman–Crippen LogP) is 16.3. The molecule has 0 saturated carbocycles. The van der Waals surface area contributed by atoms with Crippen LogP contribution < -0.4 is 69.8 Å². The van der Waals surface area contributed by atoms with Crippen LogP contribution in [0.2, 0.25) is 0 Å².